The molecule has 0 heterocycles. The van der Waals surface area contributed by atoms with Crippen molar-refractivity contribution in [3.05, 3.63) is 65.7 Å². The summed E-state index contributed by atoms with van der Waals surface area (Å²) in [6.45, 7) is 2.02. The molecule has 2 rings (SSSR count). The van der Waals surface area contributed by atoms with Gasteiger partial charge in [-0.15, -0.1) is 0 Å². The van der Waals surface area contributed by atoms with Crippen molar-refractivity contribution in [3.8, 4) is 0 Å². The van der Waals surface area contributed by atoms with Crippen LogP contribution in [0.2, 0.25) is 0 Å². The Hall–Kier alpha value is -1.45. The summed E-state index contributed by atoms with van der Waals surface area (Å²) in [7, 11) is -1.05. The summed E-state index contributed by atoms with van der Waals surface area (Å²) in [5, 5.41) is 0. The zero-order valence-electron chi connectivity index (χ0n) is 10.4. The Morgan fingerprint density at radius 3 is 2.28 bits per heavy atom. The van der Waals surface area contributed by atoms with Gasteiger partial charge in [0, 0.05) is 16.7 Å². The molecule has 0 aliphatic carbocycles. The van der Waals surface area contributed by atoms with Crippen LogP contribution in [0.4, 0.5) is 0 Å². The first-order valence-electron chi connectivity index (χ1n) is 5.92. The lowest BCUT2D eigenvalue weighted by molar-refractivity contribution is 0.675. The largest absolute Gasteiger partial charge is 0.323 e. The number of benzene rings is 2. The molecule has 2 atom stereocenters. The molecule has 0 aromatic heterocycles. The molecule has 0 saturated carbocycles. The van der Waals surface area contributed by atoms with Crippen molar-refractivity contribution in [1.82, 2.24) is 0 Å². The Labute approximate surface area is 110 Å². The van der Waals surface area contributed by atoms with E-state index in [-0.39, 0.29) is 6.04 Å². The molecule has 94 valence electrons. The molecule has 0 aliphatic heterocycles. The van der Waals surface area contributed by atoms with Crippen LogP contribution in [0.15, 0.2) is 59.5 Å². The van der Waals surface area contributed by atoms with E-state index in [0.29, 0.717) is 5.75 Å². The van der Waals surface area contributed by atoms with Crippen LogP contribution in [-0.4, -0.2) is 9.96 Å². The molecule has 2 aromatic rings. The molecule has 3 heteroatoms. The van der Waals surface area contributed by atoms with Crippen LogP contribution < -0.4 is 5.73 Å². The van der Waals surface area contributed by atoms with Crippen LogP contribution in [0.1, 0.15) is 17.2 Å². The van der Waals surface area contributed by atoms with Crippen molar-refractivity contribution < 1.29 is 4.21 Å². The van der Waals surface area contributed by atoms with Gasteiger partial charge in [0.2, 0.25) is 0 Å². The maximum absolute atomic E-state index is 12.2. The average molecular weight is 259 g/mol. The molecule has 0 saturated heterocycles. The third kappa shape index (κ3) is 3.28. The van der Waals surface area contributed by atoms with Gasteiger partial charge in [0.1, 0.15) is 0 Å². The molecule has 1 unspecified atom stereocenters. The summed E-state index contributed by atoms with van der Waals surface area (Å²) in [4.78, 5) is 0.840. The second-order valence-electron chi connectivity index (χ2n) is 4.34. The molecule has 0 fully saturated rings. The normalized spacial score (nSPS) is 14.1. The van der Waals surface area contributed by atoms with E-state index in [1.807, 2.05) is 61.5 Å². The fourth-order valence-electron chi connectivity index (χ4n) is 1.75. The van der Waals surface area contributed by atoms with Crippen molar-refractivity contribution in [1.29, 1.82) is 0 Å². The van der Waals surface area contributed by atoms with Crippen LogP contribution in [0.25, 0.3) is 0 Å². The van der Waals surface area contributed by atoms with Gasteiger partial charge in [0.15, 0.2) is 0 Å². The lowest BCUT2D eigenvalue weighted by Gasteiger charge is -2.11. The number of hydrogen-bond donors (Lipinski definition) is 1. The SMILES string of the molecule is Cc1ccc(S(=O)C[C@H](N)c2ccccc2)cc1. The highest BCUT2D eigenvalue weighted by molar-refractivity contribution is 7.85. The van der Waals surface area contributed by atoms with Crippen molar-refractivity contribution in [2.75, 3.05) is 5.75 Å². The van der Waals surface area contributed by atoms with Crippen LogP contribution in [0.3, 0.4) is 0 Å². The van der Waals surface area contributed by atoms with Gasteiger partial charge in [-0.05, 0) is 24.6 Å². The first kappa shape index (κ1) is 13.0. The van der Waals surface area contributed by atoms with E-state index < -0.39 is 10.8 Å². The highest BCUT2D eigenvalue weighted by Gasteiger charge is 2.11. The molecule has 0 bridgehead atoms. The third-order valence-corrected chi connectivity index (χ3v) is 4.30. The van der Waals surface area contributed by atoms with E-state index in [9.17, 15) is 4.21 Å². The first-order valence-corrected chi connectivity index (χ1v) is 7.24. The minimum Gasteiger partial charge on any atom is -0.323 e. The van der Waals surface area contributed by atoms with Crippen molar-refractivity contribution in [2.45, 2.75) is 17.9 Å². The molecule has 2 N–H and O–H groups in total. The minimum atomic E-state index is -1.05. The van der Waals surface area contributed by atoms with Gasteiger partial charge in [0.05, 0.1) is 10.8 Å². The van der Waals surface area contributed by atoms with Gasteiger partial charge >= 0.3 is 0 Å². The van der Waals surface area contributed by atoms with Gasteiger partial charge in [-0.25, -0.2) is 0 Å². The maximum Gasteiger partial charge on any atom is 0.0548 e. The third-order valence-electron chi connectivity index (χ3n) is 2.84. The van der Waals surface area contributed by atoms with E-state index >= 15 is 0 Å². The summed E-state index contributed by atoms with van der Waals surface area (Å²) in [6, 6.07) is 17.4. The highest BCUT2D eigenvalue weighted by atomic mass is 32.2. The Bertz CT molecular complexity index is 522. The number of aryl methyl sites for hydroxylation is 1. The molecule has 0 aliphatic rings. The Morgan fingerprint density at radius 1 is 1.06 bits per heavy atom. The summed E-state index contributed by atoms with van der Waals surface area (Å²) < 4.78 is 12.2. The Kier molecular flexibility index (Phi) is 4.28. The zero-order chi connectivity index (χ0) is 13.0. The van der Waals surface area contributed by atoms with E-state index in [1.165, 1.54) is 5.56 Å². The van der Waals surface area contributed by atoms with Crippen molar-refractivity contribution in [2.24, 2.45) is 5.73 Å². The number of rotatable bonds is 4. The summed E-state index contributed by atoms with van der Waals surface area (Å²) >= 11 is 0. The molecule has 0 radical (unpaired) electrons. The lowest BCUT2D eigenvalue weighted by Crippen LogP contribution is -2.18. The Morgan fingerprint density at radius 2 is 1.67 bits per heavy atom. The van der Waals surface area contributed by atoms with Crippen LogP contribution in [0.5, 0.6) is 0 Å². The van der Waals surface area contributed by atoms with Gasteiger partial charge in [0.25, 0.3) is 0 Å². The zero-order valence-corrected chi connectivity index (χ0v) is 11.2. The number of hydrogen-bond acceptors (Lipinski definition) is 2. The highest BCUT2D eigenvalue weighted by Crippen LogP contribution is 2.15. The van der Waals surface area contributed by atoms with Gasteiger partial charge in [-0.1, -0.05) is 48.0 Å². The van der Waals surface area contributed by atoms with Crippen molar-refractivity contribution in [3.63, 3.8) is 0 Å². The first-order chi connectivity index (χ1) is 8.66. The molecule has 0 spiro atoms. The van der Waals surface area contributed by atoms with E-state index in [0.717, 1.165) is 10.5 Å². The molecule has 2 nitrogen and oxygen atoms in total. The fraction of sp³-hybridized carbons (Fsp3) is 0.200. The van der Waals surface area contributed by atoms with Crippen LogP contribution >= 0.6 is 0 Å². The fourth-order valence-corrected chi connectivity index (χ4v) is 2.90. The molecular weight excluding hydrogens is 242 g/mol. The number of nitrogens with two attached hydrogens (primary N) is 1. The predicted molar refractivity (Wildman–Crippen MR) is 75.8 cm³/mol. The summed E-state index contributed by atoms with van der Waals surface area (Å²) in [5.41, 5.74) is 8.27. The van der Waals surface area contributed by atoms with Gasteiger partial charge < -0.3 is 5.73 Å². The van der Waals surface area contributed by atoms with E-state index in [1.54, 1.807) is 0 Å². The second kappa shape index (κ2) is 5.94. The summed E-state index contributed by atoms with van der Waals surface area (Å²) in [6.07, 6.45) is 0. The smallest absolute Gasteiger partial charge is 0.0548 e. The lowest BCUT2D eigenvalue weighted by atomic mass is 10.1. The Balaban J connectivity index is 2.06. The van der Waals surface area contributed by atoms with Crippen molar-refractivity contribution >= 4 is 10.8 Å². The van der Waals surface area contributed by atoms with Crippen LogP contribution in [-0.2, 0) is 10.8 Å². The molecule has 18 heavy (non-hydrogen) atoms. The second-order valence-corrected chi connectivity index (χ2v) is 5.84. The predicted octanol–water partition coefficient (Wildman–Crippen LogP) is 2.80. The van der Waals surface area contributed by atoms with E-state index in [2.05, 4.69) is 0 Å². The minimum absolute atomic E-state index is 0.187. The average Bonchev–Trinajstić information content (AvgIpc) is 2.40. The van der Waals surface area contributed by atoms with Crippen LogP contribution in [0, 0.1) is 6.92 Å². The van der Waals surface area contributed by atoms with Gasteiger partial charge in [-0.3, -0.25) is 4.21 Å². The maximum atomic E-state index is 12.2. The summed E-state index contributed by atoms with van der Waals surface area (Å²) in [5.74, 6) is 0.451. The molecular formula is C15H17NOS. The monoisotopic (exact) mass is 259 g/mol. The quantitative estimate of drug-likeness (QED) is 0.917. The van der Waals surface area contributed by atoms with E-state index in [4.69, 9.17) is 5.73 Å². The topological polar surface area (TPSA) is 43.1 Å². The standard InChI is InChI=1S/C15H17NOS/c1-12-7-9-14(10-8-12)18(17)11-15(16)13-5-3-2-4-6-13/h2-10,15H,11,16H2,1H3/t15-,18?/m0/s1. The van der Waals surface area contributed by atoms with Gasteiger partial charge in [-0.2, -0.15) is 0 Å². The molecule has 0 amide bonds. The molecule has 2 aromatic carbocycles.